The van der Waals surface area contributed by atoms with Gasteiger partial charge in [-0.3, -0.25) is 0 Å². The minimum absolute atomic E-state index is 0.0630. The Bertz CT molecular complexity index is 393. The van der Waals surface area contributed by atoms with Crippen LogP contribution in [0.15, 0.2) is 5.38 Å². The van der Waals surface area contributed by atoms with Crippen LogP contribution in [0.2, 0.25) is 0 Å². The van der Waals surface area contributed by atoms with Crippen molar-refractivity contribution in [2.45, 2.75) is 58.2 Å². The van der Waals surface area contributed by atoms with Crippen LogP contribution in [0.25, 0.3) is 0 Å². The van der Waals surface area contributed by atoms with E-state index >= 15 is 0 Å². The lowest BCUT2D eigenvalue weighted by Gasteiger charge is -2.18. The molecule has 19 heavy (non-hydrogen) atoms. The fourth-order valence-corrected chi connectivity index (χ4v) is 2.85. The van der Waals surface area contributed by atoms with Crippen molar-refractivity contribution in [3.05, 3.63) is 16.1 Å². The van der Waals surface area contributed by atoms with E-state index in [2.05, 4.69) is 10.3 Å². The number of rotatable bonds is 5. The molecule has 0 saturated heterocycles. The van der Waals surface area contributed by atoms with Crippen LogP contribution >= 0.6 is 11.3 Å². The summed E-state index contributed by atoms with van der Waals surface area (Å²) in [6, 6.07) is -0.594. The molecule has 6 heteroatoms. The van der Waals surface area contributed by atoms with Gasteiger partial charge in [-0.05, 0) is 6.54 Å². The third kappa shape index (κ3) is 5.91. The van der Waals surface area contributed by atoms with Gasteiger partial charge in [-0.2, -0.15) is 13.2 Å². The highest BCUT2D eigenvalue weighted by molar-refractivity contribution is 7.09. The maximum absolute atomic E-state index is 12.5. The van der Waals surface area contributed by atoms with Gasteiger partial charge in [0, 0.05) is 23.3 Å². The molecule has 0 fully saturated rings. The molecule has 1 atom stereocenters. The van der Waals surface area contributed by atoms with Crippen LogP contribution in [0.4, 0.5) is 13.2 Å². The monoisotopic (exact) mass is 294 g/mol. The summed E-state index contributed by atoms with van der Waals surface area (Å²) in [4.78, 5) is 4.44. The Hall–Kier alpha value is -0.620. The molecule has 1 unspecified atom stereocenters. The van der Waals surface area contributed by atoms with E-state index in [4.69, 9.17) is 0 Å². The zero-order chi connectivity index (χ0) is 14.7. The summed E-state index contributed by atoms with van der Waals surface area (Å²) in [5.41, 5.74) is 0.877. The number of likely N-dealkylation sites (N-methyl/N-ethyl adjacent to an activating group) is 1. The maximum Gasteiger partial charge on any atom is 0.390 e. The van der Waals surface area contributed by atoms with E-state index in [9.17, 15) is 13.2 Å². The van der Waals surface area contributed by atoms with Crippen LogP contribution in [0, 0.1) is 0 Å². The lowest BCUT2D eigenvalue weighted by molar-refractivity contribution is -0.139. The van der Waals surface area contributed by atoms with E-state index in [1.54, 1.807) is 0 Å². The molecule has 0 spiro atoms. The van der Waals surface area contributed by atoms with Crippen molar-refractivity contribution in [3.63, 3.8) is 0 Å². The number of hydrogen-bond acceptors (Lipinski definition) is 3. The van der Waals surface area contributed by atoms with Crippen LogP contribution in [-0.2, 0) is 11.8 Å². The van der Waals surface area contributed by atoms with Gasteiger partial charge in [-0.15, -0.1) is 11.3 Å². The second-order valence-corrected chi connectivity index (χ2v) is 6.60. The predicted octanol–water partition coefficient (Wildman–Crippen LogP) is 3.91. The van der Waals surface area contributed by atoms with Gasteiger partial charge >= 0.3 is 6.18 Å². The third-order valence-electron chi connectivity index (χ3n) is 2.71. The van der Waals surface area contributed by atoms with E-state index < -0.39 is 18.6 Å². The van der Waals surface area contributed by atoms with Crippen molar-refractivity contribution in [2.24, 2.45) is 0 Å². The van der Waals surface area contributed by atoms with Gasteiger partial charge < -0.3 is 5.32 Å². The maximum atomic E-state index is 12.5. The van der Waals surface area contributed by atoms with Crippen LogP contribution < -0.4 is 5.32 Å². The Kier molecular flexibility index (Phi) is 5.38. The number of nitrogens with zero attached hydrogens (tertiary/aromatic N) is 1. The normalized spacial score (nSPS) is 14.7. The van der Waals surface area contributed by atoms with E-state index in [1.807, 2.05) is 33.1 Å². The second-order valence-electron chi connectivity index (χ2n) is 5.65. The van der Waals surface area contributed by atoms with Crippen LogP contribution in [-0.4, -0.2) is 23.7 Å². The Morgan fingerprint density at radius 3 is 2.37 bits per heavy atom. The van der Waals surface area contributed by atoms with Crippen molar-refractivity contribution in [1.82, 2.24) is 10.3 Å². The molecular weight excluding hydrogens is 273 g/mol. The second kappa shape index (κ2) is 6.22. The van der Waals surface area contributed by atoms with Crippen molar-refractivity contribution >= 4 is 11.3 Å². The minimum Gasteiger partial charge on any atom is -0.313 e. The van der Waals surface area contributed by atoms with Crippen molar-refractivity contribution in [2.75, 3.05) is 6.54 Å². The molecule has 0 radical (unpaired) electrons. The summed E-state index contributed by atoms with van der Waals surface area (Å²) in [5, 5.41) is 5.58. The van der Waals surface area contributed by atoms with Crippen LogP contribution in [0.5, 0.6) is 0 Å². The molecule has 0 aliphatic rings. The first kappa shape index (κ1) is 16.4. The molecule has 0 aromatic carbocycles. The molecule has 110 valence electrons. The molecule has 0 aliphatic carbocycles. The summed E-state index contributed by atoms with van der Waals surface area (Å²) >= 11 is 1.44. The zero-order valence-corrected chi connectivity index (χ0v) is 12.6. The lowest BCUT2D eigenvalue weighted by Crippen LogP contribution is -2.35. The minimum atomic E-state index is -4.14. The van der Waals surface area contributed by atoms with Gasteiger partial charge in [0.1, 0.15) is 0 Å². The standard InChI is InChI=1S/C13H21F3N2S/c1-5-17-9(7-13(14,15)16)6-11-18-10(8-19-11)12(2,3)4/h8-9,17H,5-7H2,1-4H3. The number of hydrogen-bond donors (Lipinski definition) is 1. The molecule has 2 nitrogen and oxygen atoms in total. The molecule has 1 aromatic rings. The van der Waals surface area contributed by atoms with Crippen LogP contribution in [0.3, 0.4) is 0 Å². The summed E-state index contributed by atoms with van der Waals surface area (Å²) in [5.74, 6) is 0. The number of aromatic nitrogens is 1. The fourth-order valence-electron chi connectivity index (χ4n) is 1.74. The van der Waals surface area contributed by atoms with Gasteiger partial charge in [0.15, 0.2) is 0 Å². The molecule has 1 rings (SSSR count). The quantitative estimate of drug-likeness (QED) is 0.890. The SMILES string of the molecule is CCNC(Cc1nc(C(C)(C)C)cs1)CC(F)(F)F. The Morgan fingerprint density at radius 2 is 1.95 bits per heavy atom. The van der Waals surface area contributed by atoms with Gasteiger partial charge in [0.05, 0.1) is 17.1 Å². The molecule has 1 N–H and O–H groups in total. The fraction of sp³-hybridized carbons (Fsp3) is 0.769. The van der Waals surface area contributed by atoms with E-state index in [1.165, 1.54) is 11.3 Å². The summed E-state index contributed by atoms with van der Waals surface area (Å²) in [6.07, 6.45) is -4.63. The van der Waals surface area contributed by atoms with E-state index in [-0.39, 0.29) is 5.41 Å². The largest absolute Gasteiger partial charge is 0.390 e. The van der Waals surface area contributed by atoms with Gasteiger partial charge in [0.25, 0.3) is 0 Å². The number of halogens is 3. The number of thiazole rings is 1. The highest BCUT2D eigenvalue weighted by Gasteiger charge is 2.32. The average Bonchev–Trinajstić information content (AvgIpc) is 2.63. The smallest absolute Gasteiger partial charge is 0.313 e. The molecule has 0 amide bonds. The highest BCUT2D eigenvalue weighted by Crippen LogP contribution is 2.27. The first-order valence-corrected chi connectivity index (χ1v) is 7.25. The Balaban J connectivity index is 2.71. The molecule has 1 aromatic heterocycles. The Labute approximate surface area is 116 Å². The third-order valence-corrected chi connectivity index (χ3v) is 3.58. The number of alkyl halides is 3. The molecule has 1 heterocycles. The van der Waals surface area contributed by atoms with E-state index in [0.29, 0.717) is 13.0 Å². The first-order valence-electron chi connectivity index (χ1n) is 6.37. The van der Waals surface area contributed by atoms with Gasteiger partial charge in [-0.25, -0.2) is 4.98 Å². The van der Waals surface area contributed by atoms with Crippen molar-refractivity contribution < 1.29 is 13.2 Å². The average molecular weight is 294 g/mol. The summed E-state index contributed by atoms with van der Waals surface area (Å²) in [7, 11) is 0. The Morgan fingerprint density at radius 1 is 1.32 bits per heavy atom. The first-order chi connectivity index (χ1) is 8.62. The molecule has 0 saturated carbocycles. The lowest BCUT2D eigenvalue weighted by atomic mass is 9.93. The molecular formula is C13H21F3N2S. The summed E-state index contributed by atoms with van der Waals surface area (Å²) < 4.78 is 37.4. The molecule has 0 aliphatic heterocycles. The van der Waals surface area contributed by atoms with Gasteiger partial charge in [-0.1, -0.05) is 27.7 Å². The van der Waals surface area contributed by atoms with Gasteiger partial charge in [0.2, 0.25) is 0 Å². The predicted molar refractivity (Wildman–Crippen MR) is 72.7 cm³/mol. The van der Waals surface area contributed by atoms with Crippen molar-refractivity contribution in [1.29, 1.82) is 0 Å². The van der Waals surface area contributed by atoms with E-state index in [0.717, 1.165) is 10.7 Å². The number of nitrogens with one attached hydrogen (secondary N) is 1. The van der Waals surface area contributed by atoms with Crippen molar-refractivity contribution in [3.8, 4) is 0 Å². The molecule has 0 bridgehead atoms. The van der Waals surface area contributed by atoms with Crippen LogP contribution in [0.1, 0.15) is 44.8 Å². The topological polar surface area (TPSA) is 24.9 Å². The summed E-state index contributed by atoms with van der Waals surface area (Å²) in [6.45, 7) is 8.47. The highest BCUT2D eigenvalue weighted by atomic mass is 32.1. The zero-order valence-electron chi connectivity index (χ0n) is 11.8.